The number of nitrogens with zero attached hydrogens (tertiary/aromatic N) is 2. The number of carbonyl (C=O) groups is 2. The zero-order valence-electron chi connectivity index (χ0n) is 14.4. The Labute approximate surface area is 140 Å². The number of likely N-dealkylation sites (tertiary alicyclic amines) is 1. The lowest BCUT2D eigenvalue weighted by atomic mass is 9.81. The van der Waals surface area contributed by atoms with Crippen molar-refractivity contribution in [2.45, 2.75) is 40.5 Å². The number of piperidine rings is 1. The third-order valence-electron chi connectivity index (χ3n) is 4.83. The molecule has 24 heavy (non-hydrogen) atoms. The fraction of sp³-hybridized carbons (Fsp3) is 0.529. The number of carbonyl (C=O) groups excluding carboxylic acids is 1. The highest BCUT2D eigenvalue weighted by Crippen LogP contribution is 2.33. The van der Waals surface area contributed by atoms with Crippen molar-refractivity contribution in [2.75, 3.05) is 13.1 Å². The lowest BCUT2D eigenvalue weighted by Crippen LogP contribution is -2.48. The van der Waals surface area contributed by atoms with Crippen molar-refractivity contribution in [3.05, 3.63) is 38.4 Å². The first kappa shape index (κ1) is 17.9. The highest BCUT2D eigenvalue weighted by molar-refractivity contribution is 5.98. The molecule has 0 spiro atoms. The van der Waals surface area contributed by atoms with Crippen molar-refractivity contribution in [3.63, 3.8) is 0 Å². The monoisotopic (exact) mass is 334 g/mol. The molecule has 7 nitrogen and oxygen atoms in total. The lowest BCUT2D eigenvalue weighted by Gasteiger charge is -2.38. The maximum atomic E-state index is 12.9. The van der Waals surface area contributed by atoms with Gasteiger partial charge in [0.15, 0.2) is 0 Å². The van der Waals surface area contributed by atoms with E-state index in [4.69, 9.17) is 0 Å². The number of hydrogen-bond acceptors (Lipinski definition) is 4. The summed E-state index contributed by atoms with van der Waals surface area (Å²) in [5.41, 5.74) is 0.796. The van der Waals surface area contributed by atoms with E-state index in [-0.39, 0.29) is 18.1 Å². The molecule has 2 rings (SSSR count). The van der Waals surface area contributed by atoms with Gasteiger partial charge in [-0.2, -0.15) is 0 Å². The van der Waals surface area contributed by atoms with E-state index in [1.54, 1.807) is 33.8 Å². The number of nitro benzene ring substituents is 1. The second-order valence-electron chi connectivity index (χ2n) is 6.81. The molecular weight excluding hydrogens is 312 g/mol. The zero-order valence-corrected chi connectivity index (χ0v) is 14.4. The van der Waals surface area contributed by atoms with Crippen LogP contribution in [0.15, 0.2) is 6.07 Å². The molecule has 1 atom stereocenters. The molecule has 1 aromatic carbocycles. The van der Waals surface area contributed by atoms with E-state index in [2.05, 4.69) is 0 Å². The number of hydrogen-bond donors (Lipinski definition) is 1. The number of aliphatic carboxylic acids is 1. The number of amides is 1. The number of aryl methyl sites for hydroxylation is 2. The van der Waals surface area contributed by atoms with Gasteiger partial charge in [0.1, 0.15) is 0 Å². The van der Waals surface area contributed by atoms with Crippen molar-refractivity contribution in [1.82, 2.24) is 4.90 Å². The highest BCUT2D eigenvalue weighted by Gasteiger charge is 2.40. The Bertz CT molecular complexity index is 728. The summed E-state index contributed by atoms with van der Waals surface area (Å²) in [5, 5.41) is 20.7. The fourth-order valence-corrected chi connectivity index (χ4v) is 3.53. The first-order chi connectivity index (χ1) is 11.1. The van der Waals surface area contributed by atoms with Crippen LogP contribution in [0, 0.1) is 36.3 Å². The minimum atomic E-state index is -0.980. The van der Waals surface area contributed by atoms with E-state index in [1.807, 2.05) is 0 Å². The summed E-state index contributed by atoms with van der Waals surface area (Å²) in [4.78, 5) is 36.8. The number of benzene rings is 1. The molecule has 0 aliphatic carbocycles. The molecular formula is C17H22N2O5. The van der Waals surface area contributed by atoms with Crippen LogP contribution in [0.1, 0.15) is 46.8 Å². The zero-order chi connectivity index (χ0) is 18.2. The van der Waals surface area contributed by atoms with Gasteiger partial charge in [-0.1, -0.05) is 0 Å². The Morgan fingerprint density at radius 1 is 1.29 bits per heavy atom. The summed E-state index contributed by atoms with van der Waals surface area (Å²) in [5.74, 6) is -1.26. The van der Waals surface area contributed by atoms with Crippen LogP contribution in [-0.2, 0) is 4.79 Å². The number of rotatable bonds is 3. The van der Waals surface area contributed by atoms with Crippen LogP contribution in [0.4, 0.5) is 5.69 Å². The molecule has 0 radical (unpaired) electrons. The second-order valence-corrected chi connectivity index (χ2v) is 6.81. The molecule has 1 unspecified atom stereocenters. The van der Waals surface area contributed by atoms with Crippen molar-refractivity contribution in [2.24, 2.45) is 5.41 Å². The van der Waals surface area contributed by atoms with E-state index >= 15 is 0 Å². The Morgan fingerprint density at radius 3 is 2.46 bits per heavy atom. The van der Waals surface area contributed by atoms with Crippen LogP contribution in [0.2, 0.25) is 0 Å². The molecule has 1 fully saturated rings. The van der Waals surface area contributed by atoms with Gasteiger partial charge in [-0.25, -0.2) is 0 Å². The van der Waals surface area contributed by atoms with E-state index in [1.165, 1.54) is 4.90 Å². The van der Waals surface area contributed by atoms with Crippen LogP contribution < -0.4 is 0 Å². The highest BCUT2D eigenvalue weighted by atomic mass is 16.6. The summed E-state index contributed by atoms with van der Waals surface area (Å²) in [6.45, 7) is 7.17. The molecule has 1 aromatic rings. The van der Waals surface area contributed by atoms with Crippen LogP contribution in [0.5, 0.6) is 0 Å². The molecule has 1 heterocycles. The van der Waals surface area contributed by atoms with Gasteiger partial charge in [0, 0.05) is 24.2 Å². The molecule has 1 N–H and O–H groups in total. The Balaban J connectivity index is 2.45. The molecule has 1 saturated heterocycles. The van der Waals surface area contributed by atoms with Crippen LogP contribution in [0.25, 0.3) is 0 Å². The van der Waals surface area contributed by atoms with E-state index in [0.717, 1.165) is 0 Å². The van der Waals surface area contributed by atoms with Crippen LogP contribution >= 0.6 is 0 Å². The first-order valence-electron chi connectivity index (χ1n) is 7.86. The standard InChI is InChI=1S/C17H22N2O5/c1-10-8-11(2)14(19(23)24)12(3)13(10)15(20)18-7-5-6-17(4,9-18)16(21)22/h8H,5-7,9H2,1-4H3,(H,21,22). The lowest BCUT2D eigenvalue weighted by molar-refractivity contribution is -0.386. The van der Waals surface area contributed by atoms with Gasteiger partial charge >= 0.3 is 5.97 Å². The number of carboxylic acids is 1. The Hall–Kier alpha value is -2.44. The number of carboxylic acid groups (broad SMARTS) is 1. The van der Waals surface area contributed by atoms with Gasteiger partial charge in [-0.3, -0.25) is 19.7 Å². The summed E-state index contributed by atoms with van der Waals surface area (Å²) < 4.78 is 0. The van der Waals surface area contributed by atoms with Crippen LogP contribution in [0.3, 0.4) is 0 Å². The third-order valence-corrected chi connectivity index (χ3v) is 4.83. The minimum Gasteiger partial charge on any atom is -0.481 e. The molecule has 0 bridgehead atoms. The van der Waals surface area contributed by atoms with Crippen molar-refractivity contribution in [1.29, 1.82) is 0 Å². The average Bonchev–Trinajstić information content (AvgIpc) is 2.45. The maximum Gasteiger partial charge on any atom is 0.311 e. The second kappa shape index (κ2) is 6.22. The smallest absolute Gasteiger partial charge is 0.311 e. The van der Waals surface area contributed by atoms with E-state index < -0.39 is 16.3 Å². The molecule has 0 saturated carbocycles. The van der Waals surface area contributed by atoms with Crippen molar-refractivity contribution >= 4 is 17.6 Å². The topological polar surface area (TPSA) is 101 Å². The predicted molar refractivity (Wildman–Crippen MR) is 88.2 cm³/mol. The van der Waals surface area contributed by atoms with Crippen LogP contribution in [-0.4, -0.2) is 39.9 Å². The SMILES string of the molecule is Cc1cc(C)c([N+](=O)[O-])c(C)c1C(=O)N1CCCC(C)(C(=O)O)C1. The molecule has 1 aliphatic rings. The fourth-order valence-electron chi connectivity index (χ4n) is 3.53. The predicted octanol–water partition coefficient (Wildman–Crippen LogP) is 2.85. The average molecular weight is 334 g/mol. The summed E-state index contributed by atoms with van der Waals surface area (Å²) >= 11 is 0. The first-order valence-corrected chi connectivity index (χ1v) is 7.86. The molecule has 1 amide bonds. The van der Waals surface area contributed by atoms with Gasteiger partial charge in [0.05, 0.1) is 15.9 Å². The summed E-state index contributed by atoms with van der Waals surface area (Å²) in [7, 11) is 0. The van der Waals surface area contributed by atoms with Crippen molar-refractivity contribution in [3.8, 4) is 0 Å². The van der Waals surface area contributed by atoms with Gasteiger partial charge < -0.3 is 10.0 Å². The molecule has 130 valence electrons. The largest absolute Gasteiger partial charge is 0.481 e. The van der Waals surface area contributed by atoms with Gasteiger partial charge in [0.25, 0.3) is 11.6 Å². The number of nitro groups is 1. The Morgan fingerprint density at radius 2 is 1.92 bits per heavy atom. The van der Waals surface area contributed by atoms with Crippen molar-refractivity contribution < 1.29 is 19.6 Å². The quantitative estimate of drug-likeness (QED) is 0.676. The third kappa shape index (κ3) is 2.98. The van der Waals surface area contributed by atoms with E-state index in [0.29, 0.717) is 41.6 Å². The summed E-state index contributed by atoms with van der Waals surface area (Å²) in [6, 6.07) is 1.64. The molecule has 0 aromatic heterocycles. The molecule has 1 aliphatic heterocycles. The maximum absolute atomic E-state index is 12.9. The van der Waals surface area contributed by atoms with Gasteiger partial charge in [-0.05, 0) is 52.2 Å². The molecule has 7 heteroatoms. The minimum absolute atomic E-state index is 0.0537. The Kier molecular flexibility index (Phi) is 4.64. The summed E-state index contributed by atoms with van der Waals surface area (Å²) in [6.07, 6.45) is 1.11. The normalized spacial score (nSPS) is 20.8. The van der Waals surface area contributed by atoms with Gasteiger partial charge in [-0.15, -0.1) is 0 Å². The van der Waals surface area contributed by atoms with E-state index in [9.17, 15) is 24.8 Å². The van der Waals surface area contributed by atoms with Gasteiger partial charge in [0.2, 0.25) is 0 Å².